The second-order valence-electron chi connectivity index (χ2n) is 8.53. The summed E-state index contributed by atoms with van der Waals surface area (Å²) in [5, 5.41) is 0.882. The standard InChI is InChI=1S/C30H21NO5/c32-27-20(18-34-23-14-6-4-12-21(23)27)17-25-26-28(33)22-13-5-7-15-24(22)35-29(26)30(36-25)31-16-8-11-19-9-2-1-3-10-19/h1-7,9-10,12-15,17-18H,8,11,16H2/b25-17-,31-30?. The van der Waals surface area contributed by atoms with Gasteiger partial charge in [0.25, 0.3) is 5.90 Å². The molecule has 2 aromatic heterocycles. The molecule has 6 rings (SSSR count). The van der Waals surface area contributed by atoms with Crippen molar-refractivity contribution < 1.29 is 13.6 Å². The van der Waals surface area contributed by atoms with E-state index < -0.39 is 0 Å². The van der Waals surface area contributed by atoms with Gasteiger partial charge in [0, 0.05) is 6.54 Å². The molecule has 0 radical (unpaired) electrons. The van der Waals surface area contributed by atoms with Crippen LogP contribution in [0.5, 0.6) is 0 Å². The average Bonchev–Trinajstić information content (AvgIpc) is 3.26. The van der Waals surface area contributed by atoms with Gasteiger partial charge in [0.1, 0.15) is 28.8 Å². The highest BCUT2D eigenvalue weighted by atomic mass is 16.5. The Balaban J connectivity index is 1.42. The van der Waals surface area contributed by atoms with E-state index in [1.165, 1.54) is 17.9 Å². The third-order valence-corrected chi connectivity index (χ3v) is 6.16. The zero-order valence-corrected chi connectivity index (χ0v) is 19.3. The van der Waals surface area contributed by atoms with E-state index in [-0.39, 0.29) is 39.4 Å². The Hall–Kier alpha value is -4.71. The molecule has 0 aliphatic carbocycles. The number of aryl methyl sites for hydroxylation is 1. The number of ether oxygens (including phenoxy) is 1. The van der Waals surface area contributed by atoms with Crippen molar-refractivity contribution in [3.63, 3.8) is 0 Å². The number of aliphatic imine (C=N–C) groups is 1. The third-order valence-electron chi connectivity index (χ3n) is 6.16. The lowest BCUT2D eigenvalue weighted by atomic mass is 10.1. The predicted molar refractivity (Wildman–Crippen MR) is 140 cm³/mol. The minimum absolute atomic E-state index is 0.215. The van der Waals surface area contributed by atoms with Crippen LogP contribution >= 0.6 is 0 Å². The summed E-state index contributed by atoms with van der Waals surface area (Å²) in [7, 11) is 0. The van der Waals surface area contributed by atoms with Gasteiger partial charge in [0.05, 0.1) is 16.3 Å². The van der Waals surface area contributed by atoms with Gasteiger partial charge in [0.15, 0.2) is 5.43 Å². The highest BCUT2D eigenvalue weighted by Crippen LogP contribution is 2.32. The summed E-state index contributed by atoms with van der Waals surface area (Å²) in [6.07, 6.45) is 4.57. The molecule has 6 nitrogen and oxygen atoms in total. The van der Waals surface area contributed by atoms with E-state index in [2.05, 4.69) is 17.1 Å². The molecule has 0 N–H and O–H groups in total. The summed E-state index contributed by atoms with van der Waals surface area (Å²) in [6.45, 7) is 0.492. The van der Waals surface area contributed by atoms with Crippen molar-refractivity contribution in [1.29, 1.82) is 0 Å². The largest absolute Gasteiger partial charge is 0.463 e. The number of para-hydroxylation sites is 2. The summed E-state index contributed by atoms with van der Waals surface area (Å²) in [5.74, 6) is 0.723. The molecule has 0 amide bonds. The van der Waals surface area contributed by atoms with Crippen LogP contribution in [-0.4, -0.2) is 12.4 Å². The molecule has 3 aromatic carbocycles. The van der Waals surface area contributed by atoms with Gasteiger partial charge in [0.2, 0.25) is 11.2 Å². The van der Waals surface area contributed by atoms with E-state index in [1.807, 2.05) is 18.2 Å². The summed E-state index contributed by atoms with van der Waals surface area (Å²) in [5.41, 5.74) is 2.24. The molecule has 0 unspecified atom stereocenters. The molecule has 0 atom stereocenters. The molecule has 3 heterocycles. The highest BCUT2D eigenvalue weighted by molar-refractivity contribution is 6.08. The van der Waals surface area contributed by atoms with Crippen LogP contribution in [0.15, 0.2) is 109 Å². The van der Waals surface area contributed by atoms with Gasteiger partial charge >= 0.3 is 0 Å². The maximum atomic E-state index is 13.4. The molecule has 5 aromatic rings. The minimum Gasteiger partial charge on any atom is -0.463 e. The van der Waals surface area contributed by atoms with Crippen LogP contribution in [0.2, 0.25) is 0 Å². The number of hydrogen-bond acceptors (Lipinski definition) is 6. The van der Waals surface area contributed by atoms with Crippen molar-refractivity contribution in [2.24, 2.45) is 4.99 Å². The lowest BCUT2D eigenvalue weighted by molar-refractivity contribution is 0.505. The zero-order chi connectivity index (χ0) is 24.5. The third kappa shape index (κ3) is 3.92. The Kier molecular flexibility index (Phi) is 5.54. The zero-order valence-electron chi connectivity index (χ0n) is 19.3. The number of hydrogen-bond donors (Lipinski definition) is 0. The van der Waals surface area contributed by atoms with Crippen molar-refractivity contribution in [2.75, 3.05) is 6.54 Å². The van der Waals surface area contributed by atoms with Gasteiger partial charge in [-0.05, 0) is 48.7 Å². The van der Waals surface area contributed by atoms with E-state index in [0.29, 0.717) is 28.5 Å². The van der Waals surface area contributed by atoms with Gasteiger partial charge in [-0.25, -0.2) is 4.99 Å². The van der Waals surface area contributed by atoms with E-state index in [9.17, 15) is 9.59 Å². The van der Waals surface area contributed by atoms with Crippen LogP contribution < -0.4 is 10.9 Å². The second-order valence-corrected chi connectivity index (χ2v) is 8.53. The Labute approximate surface area is 205 Å². The molecular formula is C30H21NO5. The molecule has 0 spiro atoms. The van der Waals surface area contributed by atoms with Crippen LogP contribution in [0.3, 0.4) is 0 Å². The van der Waals surface area contributed by atoms with Gasteiger partial charge < -0.3 is 13.6 Å². The molecule has 0 bridgehead atoms. The molecule has 6 heteroatoms. The maximum absolute atomic E-state index is 13.4. The van der Waals surface area contributed by atoms with Crippen molar-refractivity contribution >= 4 is 39.7 Å². The first-order valence-corrected chi connectivity index (χ1v) is 11.7. The fraction of sp³-hybridized carbons (Fsp3) is 0.100. The first-order valence-electron chi connectivity index (χ1n) is 11.7. The summed E-state index contributed by atoms with van der Waals surface area (Å²) < 4.78 is 17.8. The molecule has 0 saturated carbocycles. The second kappa shape index (κ2) is 9.15. The topological polar surface area (TPSA) is 82.0 Å². The number of benzene rings is 3. The molecule has 0 fully saturated rings. The number of fused-ring (bicyclic) bond motifs is 3. The first kappa shape index (κ1) is 21.8. The highest BCUT2D eigenvalue weighted by Gasteiger charge is 2.32. The Morgan fingerprint density at radius 3 is 2.28 bits per heavy atom. The summed E-state index contributed by atoms with van der Waals surface area (Å²) in [6, 6.07) is 24.2. The SMILES string of the molecule is O=c1c(/C=C2\OC(=NCCCc3ccccc3)c3oc4ccccc4c(=O)c32)coc2ccccc12. The van der Waals surface area contributed by atoms with Gasteiger partial charge in [-0.3, -0.25) is 9.59 Å². The van der Waals surface area contributed by atoms with Gasteiger partial charge in [-0.1, -0.05) is 54.6 Å². The van der Waals surface area contributed by atoms with E-state index in [0.717, 1.165) is 12.8 Å². The molecule has 0 saturated heterocycles. The van der Waals surface area contributed by atoms with Gasteiger partial charge in [-0.2, -0.15) is 0 Å². The molecule has 1 aliphatic heterocycles. The molecule has 176 valence electrons. The molecule has 1 aliphatic rings. The van der Waals surface area contributed by atoms with Crippen LogP contribution in [0.1, 0.15) is 28.9 Å². The summed E-state index contributed by atoms with van der Waals surface area (Å²) >= 11 is 0. The predicted octanol–water partition coefficient (Wildman–Crippen LogP) is 5.81. The smallest absolute Gasteiger partial charge is 0.259 e. The lowest BCUT2D eigenvalue weighted by Crippen LogP contribution is -2.10. The Morgan fingerprint density at radius 1 is 0.778 bits per heavy atom. The van der Waals surface area contributed by atoms with E-state index in [4.69, 9.17) is 13.6 Å². The minimum atomic E-state index is -0.238. The first-order chi connectivity index (χ1) is 17.7. The molecule has 36 heavy (non-hydrogen) atoms. The van der Waals surface area contributed by atoms with Crippen molar-refractivity contribution in [3.05, 3.63) is 128 Å². The van der Waals surface area contributed by atoms with Crippen LogP contribution in [0.4, 0.5) is 0 Å². The normalized spacial score (nSPS) is 15.0. The quantitative estimate of drug-likeness (QED) is 0.300. The Morgan fingerprint density at radius 2 is 1.47 bits per heavy atom. The molecular weight excluding hydrogens is 454 g/mol. The van der Waals surface area contributed by atoms with Crippen LogP contribution in [0, 0.1) is 0 Å². The van der Waals surface area contributed by atoms with E-state index >= 15 is 0 Å². The lowest BCUT2D eigenvalue weighted by Gasteiger charge is -2.02. The number of nitrogens with zero attached hydrogens (tertiary/aromatic N) is 1. The monoisotopic (exact) mass is 475 g/mol. The van der Waals surface area contributed by atoms with E-state index in [1.54, 1.807) is 48.5 Å². The van der Waals surface area contributed by atoms with Crippen molar-refractivity contribution in [3.8, 4) is 0 Å². The van der Waals surface area contributed by atoms with Crippen molar-refractivity contribution in [2.45, 2.75) is 12.8 Å². The number of rotatable bonds is 5. The maximum Gasteiger partial charge on any atom is 0.259 e. The Bertz CT molecular complexity index is 1780. The average molecular weight is 476 g/mol. The van der Waals surface area contributed by atoms with Crippen molar-refractivity contribution in [1.82, 2.24) is 0 Å². The van der Waals surface area contributed by atoms with Gasteiger partial charge in [-0.15, -0.1) is 0 Å². The van der Waals surface area contributed by atoms with Crippen LogP contribution in [-0.2, 0) is 11.2 Å². The fourth-order valence-electron chi connectivity index (χ4n) is 4.37. The van der Waals surface area contributed by atoms with Crippen LogP contribution in [0.25, 0.3) is 33.8 Å². The fourth-order valence-corrected chi connectivity index (χ4v) is 4.37. The summed E-state index contributed by atoms with van der Waals surface area (Å²) in [4.78, 5) is 31.1.